The Morgan fingerprint density at radius 3 is 2.95 bits per heavy atom. The lowest BCUT2D eigenvalue weighted by Gasteiger charge is -2.37. The summed E-state index contributed by atoms with van der Waals surface area (Å²) in [6.07, 6.45) is 6.59. The molecule has 0 radical (unpaired) electrons. The first-order valence-electron chi connectivity index (χ1n) is 7.80. The van der Waals surface area contributed by atoms with Gasteiger partial charge in [0, 0.05) is 31.9 Å². The number of hydrogen-bond donors (Lipinski definition) is 1. The number of morpholine rings is 1. The van der Waals surface area contributed by atoms with Crippen LogP contribution in [0.15, 0.2) is 12.4 Å². The van der Waals surface area contributed by atoms with Crippen molar-refractivity contribution in [2.45, 2.75) is 38.8 Å². The van der Waals surface area contributed by atoms with E-state index >= 15 is 0 Å². The van der Waals surface area contributed by atoms with Gasteiger partial charge in [0.25, 0.3) is 0 Å². The number of nitrogens with zero attached hydrogens (tertiary/aromatic N) is 3. The molecule has 1 fully saturated rings. The summed E-state index contributed by atoms with van der Waals surface area (Å²) in [6.45, 7) is 9.48. The van der Waals surface area contributed by atoms with E-state index in [2.05, 4.69) is 35.4 Å². The van der Waals surface area contributed by atoms with Crippen molar-refractivity contribution < 1.29 is 4.74 Å². The first kappa shape index (κ1) is 15.5. The van der Waals surface area contributed by atoms with E-state index in [-0.39, 0.29) is 12.1 Å². The van der Waals surface area contributed by atoms with E-state index in [1.165, 1.54) is 12.0 Å². The first-order valence-corrected chi connectivity index (χ1v) is 7.80. The molecular formula is C15H28N4O. The predicted molar refractivity (Wildman–Crippen MR) is 80.7 cm³/mol. The summed E-state index contributed by atoms with van der Waals surface area (Å²) in [6, 6.07) is 0.239. The molecule has 0 aliphatic carbocycles. The van der Waals surface area contributed by atoms with Crippen molar-refractivity contribution in [3.05, 3.63) is 18.0 Å². The molecule has 1 saturated heterocycles. The molecule has 1 aromatic heterocycles. The maximum Gasteiger partial charge on any atom is 0.0898 e. The molecule has 5 nitrogen and oxygen atoms in total. The van der Waals surface area contributed by atoms with E-state index in [0.717, 1.165) is 39.2 Å². The van der Waals surface area contributed by atoms with Gasteiger partial charge in [-0.05, 0) is 25.9 Å². The fourth-order valence-corrected chi connectivity index (χ4v) is 2.82. The number of aryl methyl sites for hydroxylation is 1. The maximum absolute atomic E-state index is 6.04. The summed E-state index contributed by atoms with van der Waals surface area (Å²) < 4.78 is 7.90. The normalized spacial score (nSPS) is 22.1. The molecule has 2 atom stereocenters. The molecule has 20 heavy (non-hydrogen) atoms. The van der Waals surface area contributed by atoms with E-state index in [9.17, 15) is 0 Å². The molecule has 0 bridgehead atoms. The molecule has 2 unspecified atom stereocenters. The van der Waals surface area contributed by atoms with Gasteiger partial charge in [-0.3, -0.25) is 9.58 Å². The van der Waals surface area contributed by atoms with Crippen molar-refractivity contribution >= 4 is 0 Å². The van der Waals surface area contributed by atoms with E-state index < -0.39 is 0 Å². The van der Waals surface area contributed by atoms with E-state index in [1.54, 1.807) is 0 Å². The van der Waals surface area contributed by atoms with Gasteiger partial charge < -0.3 is 10.1 Å². The minimum Gasteiger partial charge on any atom is -0.374 e. The van der Waals surface area contributed by atoms with Crippen LogP contribution in [-0.2, 0) is 11.8 Å². The standard InChI is InChI=1S/C15H28N4O/c1-4-6-16-15(13-10-17-18(3)11-13)14-12-19(7-5-2)8-9-20-14/h10-11,14-16H,4-9,12H2,1-3H3. The van der Waals surface area contributed by atoms with Crippen LogP contribution in [0, 0.1) is 0 Å². The van der Waals surface area contributed by atoms with Crippen LogP contribution >= 0.6 is 0 Å². The fraction of sp³-hybridized carbons (Fsp3) is 0.800. The zero-order chi connectivity index (χ0) is 14.4. The summed E-state index contributed by atoms with van der Waals surface area (Å²) in [4.78, 5) is 2.51. The minimum atomic E-state index is 0.214. The van der Waals surface area contributed by atoms with Gasteiger partial charge in [0.15, 0.2) is 0 Å². The Kier molecular flexibility index (Phi) is 6.01. The van der Waals surface area contributed by atoms with Crippen molar-refractivity contribution in [2.24, 2.45) is 7.05 Å². The molecule has 114 valence electrons. The van der Waals surface area contributed by atoms with E-state index in [0.29, 0.717) is 0 Å². The molecule has 1 aliphatic heterocycles. The molecule has 1 N–H and O–H groups in total. The Morgan fingerprint density at radius 2 is 2.30 bits per heavy atom. The van der Waals surface area contributed by atoms with Gasteiger partial charge >= 0.3 is 0 Å². The highest BCUT2D eigenvalue weighted by Crippen LogP contribution is 2.22. The van der Waals surface area contributed by atoms with Crippen LogP contribution in [0.3, 0.4) is 0 Å². The van der Waals surface area contributed by atoms with Crippen LogP contribution in [0.4, 0.5) is 0 Å². The first-order chi connectivity index (χ1) is 9.74. The fourth-order valence-electron chi connectivity index (χ4n) is 2.82. The quantitative estimate of drug-likeness (QED) is 0.823. The summed E-state index contributed by atoms with van der Waals surface area (Å²) >= 11 is 0. The minimum absolute atomic E-state index is 0.214. The van der Waals surface area contributed by atoms with Gasteiger partial charge in [-0.2, -0.15) is 5.10 Å². The number of aromatic nitrogens is 2. The average Bonchev–Trinajstić information content (AvgIpc) is 2.87. The number of nitrogens with one attached hydrogen (secondary N) is 1. The summed E-state index contributed by atoms with van der Waals surface area (Å²) in [7, 11) is 1.96. The van der Waals surface area contributed by atoms with Crippen LogP contribution < -0.4 is 5.32 Å². The second-order valence-electron chi connectivity index (χ2n) is 5.59. The molecule has 0 amide bonds. The SMILES string of the molecule is CCCNC(c1cnn(C)c1)C1CN(CCC)CCO1. The molecule has 5 heteroatoms. The molecule has 2 rings (SSSR count). The molecule has 1 aliphatic rings. The third-order valence-electron chi connectivity index (χ3n) is 3.79. The van der Waals surface area contributed by atoms with Crippen molar-refractivity contribution in [2.75, 3.05) is 32.8 Å². The highest BCUT2D eigenvalue weighted by atomic mass is 16.5. The molecule has 2 heterocycles. The predicted octanol–water partition coefficient (Wildman–Crippen LogP) is 1.57. The largest absolute Gasteiger partial charge is 0.374 e. The van der Waals surface area contributed by atoms with Gasteiger partial charge in [-0.25, -0.2) is 0 Å². The Labute approximate surface area is 122 Å². The third kappa shape index (κ3) is 4.04. The molecule has 0 saturated carbocycles. The molecule has 0 aromatic carbocycles. The third-order valence-corrected chi connectivity index (χ3v) is 3.79. The highest BCUT2D eigenvalue weighted by molar-refractivity contribution is 5.13. The smallest absolute Gasteiger partial charge is 0.0898 e. The van der Waals surface area contributed by atoms with Crippen LogP contribution in [-0.4, -0.2) is 53.6 Å². The van der Waals surface area contributed by atoms with Crippen molar-refractivity contribution in [3.8, 4) is 0 Å². The Morgan fingerprint density at radius 1 is 1.45 bits per heavy atom. The van der Waals surface area contributed by atoms with Crippen LogP contribution in [0.5, 0.6) is 0 Å². The van der Waals surface area contributed by atoms with E-state index in [1.807, 2.05) is 17.9 Å². The Balaban J connectivity index is 2.05. The average molecular weight is 280 g/mol. The molecular weight excluding hydrogens is 252 g/mol. The monoisotopic (exact) mass is 280 g/mol. The number of rotatable bonds is 7. The lowest BCUT2D eigenvalue weighted by molar-refractivity contribution is -0.0470. The number of hydrogen-bond acceptors (Lipinski definition) is 4. The zero-order valence-corrected chi connectivity index (χ0v) is 13.0. The van der Waals surface area contributed by atoms with Gasteiger partial charge in [-0.1, -0.05) is 13.8 Å². The molecule has 0 spiro atoms. The second-order valence-corrected chi connectivity index (χ2v) is 5.59. The lowest BCUT2D eigenvalue weighted by atomic mass is 10.0. The molecule has 1 aromatic rings. The lowest BCUT2D eigenvalue weighted by Crippen LogP contribution is -2.48. The van der Waals surface area contributed by atoms with Crippen molar-refractivity contribution in [3.63, 3.8) is 0 Å². The highest BCUT2D eigenvalue weighted by Gasteiger charge is 2.29. The van der Waals surface area contributed by atoms with Gasteiger partial charge in [-0.15, -0.1) is 0 Å². The summed E-state index contributed by atoms with van der Waals surface area (Å²) in [5.41, 5.74) is 1.23. The Hall–Kier alpha value is -0.910. The summed E-state index contributed by atoms with van der Waals surface area (Å²) in [5.74, 6) is 0. The maximum atomic E-state index is 6.04. The van der Waals surface area contributed by atoms with E-state index in [4.69, 9.17) is 4.74 Å². The van der Waals surface area contributed by atoms with Gasteiger partial charge in [0.1, 0.15) is 0 Å². The van der Waals surface area contributed by atoms with Gasteiger partial charge in [0.05, 0.1) is 24.9 Å². The zero-order valence-electron chi connectivity index (χ0n) is 13.0. The van der Waals surface area contributed by atoms with Gasteiger partial charge in [0.2, 0.25) is 0 Å². The van der Waals surface area contributed by atoms with Crippen LogP contribution in [0.1, 0.15) is 38.3 Å². The second kappa shape index (κ2) is 7.76. The van der Waals surface area contributed by atoms with Crippen molar-refractivity contribution in [1.82, 2.24) is 20.0 Å². The van der Waals surface area contributed by atoms with Crippen molar-refractivity contribution in [1.29, 1.82) is 0 Å². The Bertz CT molecular complexity index is 391. The van der Waals surface area contributed by atoms with Crippen LogP contribution in [0.2, 0.25) is 0 Å². The topological polar surface area (TPSA) is 42.3 Å². The van der Waals surface area contributed by atoms with Crippen LogP contribution in [0.25, 0.3) is 0 Å². The summed E-state index contributed by atoms with van der Waals surface area (Å²) in [5, 5.41) is 7.93. The number of ether oxygens (including phenoxy) is 1.